The van der Waals surface area contributed by atoms with Gasteiger partial charge in [0.2, 0.25) is 5.91 Å². The van der Waals surface area contributed by atoms with Crippen LogP contribution in [0.2, 0.25) is 0 Å². The van der Waals surface area contributed by atoms with Gasteiger partial charge in [0.25, 0.3) is 5.56 Å². The van der Waals surface area contributed by atoms with Crippen LogP contribution in [0.15, 0.2) is 23.0 Å². The number of amides is 1. The van der Waals surface area contributed by atoms with Gasteiger partial charge in [-0.05, 0) is 43.3 Å². The zero-order valence-corrected chi connectivity index (χ0v) is 14.5. The van der Waals surface area contributed by atoms with Crippen LogP contribution in [0.4, 0.5) is 0 Å². The lowest BCUT2D eigenvalue weighted by atomic mass is 10.2. The molecular weight excluding hydrogens is 340 g/mol. The molecule has 0 atom stereocenters. The Morgan fingerprint density at radius 1 is 1.36 bits per heavy atom. The van der Waals surface area contributed by atoms with E-state index in [1.54, 1.807) is 7.11 Å². The van der Waals surface area contributed by atoms with Gasteiger partial charge >= 0.3 is 0 Å². The average molecular weight is 358 g/mol. The number of carbonyl (C=O) groups is 1. The second-order valence-electron chi connectivity index (χ2n) is 6.27. The summed E-state index contributed by atoms with van der Waals surface area (Å²) < 4.78 is 6.98. The number of nitrogens with zero attached hydrogens (tertiary/aromatic N) is 1. The van der Waals surface area contributed by atoms with Crippen LogP contribution in [0, 0.1) is 4.77 Å². The summed E-state index contributed by atoms with van der Waals surface area (Å²) in [5.41, 5.74) is 1.69. The lowest BCUT2D eigenvalue weighted by Gasteiger charge is -2.07. The minimum Gasteiger partial charge on any atom is -0.497 e. The van der Waals surface area contributed by atoms with Crippen LogP contribution in [0.25, 0.3) is 21.9 Å². The fourth-order valence-corrected chi connectivity index (χ4v) is 3.21. The van der Waals surface area contributed by atoms with Crippen molar-refractivity contribution in [3.8, 4) is 5.75 Å². The Labute approximate surface area is 148 Å². The number of rotatable bonds is 5. The lowest BCUT2D eigenvalue weighted by molar-refractivity contribution is -0.121. The summed E-state index contributed by atoms with van der Waals surface area (Å²) in [4.78, 5) is 30.9. The second kappa shape index (κ2) is 6.03. The van der Waals surface area contributed by atoms with Crippen molar-refractivity contribution in [2.24, 2.45) is 0 Å². The molecule has 0 bridgehead atoms. The number of aromatic nitrogens is 3. The topological polar surface area (TPSA) is 91.9 Å². The molecule has 0 unspecified atom stereocenters. The highest BCUT2D eigenvalue weighted by Gasteiger charge is 2.23. The molecule has 0 saturated heterocycles. The predicted molar refractivity (Wildman–Crippen MR) is 97.6 cm³/mol. The van der Waals surface area contributed by atoms with E-state index in [1.807, 2.05) is 18.2 Å². The molecule has 8 heteroatoms. The molecular formula is C17H18N4O3S. The van der Waals surface area contributed by atoms with Crippen molar-refractivity contribution in [3.63, 3.8) is 0 Å². The summed E-state index contributed by atoms with van der Waals surface area (Å²) in [6.07, 6.45) is 2.31. The van der Waals surface area contributed by atoms with E-state index in [2.05, 4.69) is 15.3 Å². The van der Waals surface area contributed by atoms with Gasteiger partial charge in [0.05, 0.1) is 12.6 Å². The van der Waals surface area contributed by atoms with Crippen molar-refractivity contribution in [3.05, 3.63) is 33.3 Å². The third-order valence-electron chi connectivity index (χ3n) is 4.45. The Balaban J connectivity index is 1.73. The summed E-state index contributed by atoms with van der Waals surface area (Å²) in [6, 6.07) is 5.85. The fraction of sp³-hybridized carbons (Fsp3) is 0.353. The Morgan fingerprint density at radius 2 is 2.16 bits per heavy atom. The monoisotopic (exact) mass is 358 g/mol. The van der Waals surface area contributed by atoms with E-state index in [1.165, 1.54) is 4.57 Å². The molecule has 1 saturated carbocycles. The van der Waals surface area contributed by atoms with Crippen LogP contribution in [-0.4, -0.2) is 33.6 Å². The molecule has 1 aromatic carbocycles. The van der Waals surface area contributed by atoms with E-state index >= 15 is 0 Å². The van der Waals surface area contributed by atoms with Crippen LogP contribution in [-0.2, 0) is 11.3 Å². The molecule has 2 heterocycles. The predicted octanol–water partition coefficient (Wildman–Crippen LogP) is 2.22. The molecule has 130 valence electrons. The minimum atomic E-state index is -0.229. The van der Waals surface area contributed by atoms with E-state index < -0.39 is 0 Å². The highest BCUT2D eigenvalue weighted by molar-refractivity contribution is 7.71. The first-order chi connectivity index (χ1) is 12.1. The maximum atomic E-state index is 12.8. The Hall–Kier alpha value is -2.61. The first kappa shape index (κ1) is 15.9. The van der Waals surface area contributed by atoms with E-state index in [9.17, 15) is 9.59 Å². The normalized spacial score (nSPS) is 14.1. The number of hydrogen-bond donors (Lipinski definition) is 3. The first-order valence-electron chi connectivity index (χ1n) is 8.18. The third-order valence-corrected chi connectivity index (χ3v) is 4.77. The van der Waals surface area contributed by atoms with E-state index in [0.29, 0.717) is 27.6 Å². The summed E-state index contributed by atoms with van der Waals surface area (Å²) in [5.74, 6) is 0.652. The van der Waals surface area contributed by atoms with E-state index in [0.717, 1.165) is 23.7 Å². The van der Waals surface area contributed by atoms with Crippen molar-refractivity contribution in [1.29, 1.82) is 0 Å². The Bertz CT molecular complexity index is 1090. The van der Waals surface area contributed by atoms with Gasteiger partial charge in [-0.2, -0.15) is 0 Å². The van der Waals surface area contributed by atoms with Crippen LogP contribution in [0.3, 0.4) is 0 Å². The Kier molecular flexibility index (Phi) is 3.84. The smallest absolute Gasteiger partial charge is 0.278 e. The number of aromatic amines is 2. The molecule has 0 aliphatic heterocycles. The summed E-state index contributed by atoms with van der Waals surface area (Å²) >= 11 is 5.34. The van der Waals surface area contributed by atoms with E-state index in [-0.39, 0.29) is 24.4 Å². The molecule has 1 aliphatic rings. The zero-order valence-electron chi connectivity index (χ0n) is 13.7. The van der Waals surface area contributed by atoms with Crippen molar-refractivity contribution in [1.82, 2.24) is 19.9 Å². The van der Waals surface area contributed by atoms with Crippen LogP contribution in [0.1, 0.15) is 19.3 Å². The van der Waals surface area contributed by atoms with Crippen molar-refractivity contribution >= 4 is 40.1 Å². The number of nitrogens with one attached hydrogen (secondary N) is 3. The summed E-state index contributed by atoms with van der Waals surface area (Å²) in [5, 5.41) is 3.76. The standard InChI is InChI=1S/C17H18N4O3S/c1-24-10-4-5-12-11(8-10)14-15(19-12)16(23)21(17(25)20-14)7-6-13(22)18-9-2-3-9/h4-5,8-9,19H,2-3,6-7H2,1H3,(H,18,22)(H,20,25). The second-order valence-corrected chi connectivity index (χ2v) is 6.65. The molecule has 2 aromatic heterocycles. The number of fused-ring (bicyclic) bond motifs is 3. The minimum absolute atomic E-state index is 0.0507. The number of ether oxygens (including phenoxy) is 1. The van der Waals surface area contributed by atoms with Crippen LogP contribution < -0.4 is 15.6 Å². The van der Waals surface area contributed by atoms with Gasteiger partial charge in [0.1, 0.15) is 11.3 Å². The third kappa shape index (κ3) is 2.93. The maximum absolute atomic E-state index is 12.8. The number of benzene rings is 1. The molecule has 3 aromatic rings. The van der Waals surface area contributed by atoms with Gasteiger partial charge in [0, 0.05) is 29.9 Å². The molecule has 0 radical (unpaired) electrons. The number of methoxy groups -OCH3 is 1. The van der Waals surface area contributed by atoms with Gasteiger partial charge in [-0.25, -0.2) is 0 Å². The van der Waals surface area contributed by atoms with Crippen molar-refractivity contribution < 1.29 is 9.53 Å². The van der Waals surface area contributed by atoms with Gasteiger partial charge < -0.3 is 20.0 Å². The molecule has 4 rings (SSSR count). The van der Waals surface area contributed by atoms with Gasteiger partial charge in [-0.1, -0.05) is 0 Å². The van der Waals surface area contributed by atoms with E-state index in [4.69, 9.17) is 17.0 Å². The highest BCUT2D eigenvalue weighted by atomic mass is 32.1. The van der Waals surface area contributed by atoms with Crippen LogP contribution in [0.5, 0.6) is 5.75 Å². The summed E-state index contributed by atoms with van der Waals surface area (Å²) in [7, 11) is 1.60. The lowest BCUT2D eigenvalue weighted by Crippen LogP contribution is -2.29. The van der Waals surface area contributed by atoms with Gasteiger partial charge in [0.15, 0.2) is 4.77 Å². The van der Waals surface area contributed by atoms with Crippen molar-refractivity contribution in [2.75, 3.05) is 7.11 Å². The largest absolute Gasteiger partial charge is 0.497 e. The fourth-order valence-electron chi connectivity index (χ4n) is 2.93. The number of H-pyrrole nitrogens is 2. The number of hydrogen-bond acceptors (Lipinski definition) is 4. The molecule has 25 heavy (non-hydrogen) atoms. The molecule has 1 amide bonds. The molecule has 7 nitrogen and oxygen atoms in total. The number of carbonyl (C=O) groups excluding carboxylic acids is 1. The molecule has 0 spiro atoms. The van der Waals surface area contributed by atoms with Crippen LogP contribution >= 0.6 is 12.2 Å². The van der Waals surface area contributed by atoms with Gasteiger partial charge in [-0.15, -0.1) is 0 Å². The molecule has 1 fully saturated rings. The average Bonchev–Trinajstić information content (AvgIpc) is 3.33. The summed E-state index contributed by atoms with van der Waals surface area (Å²) in [6.45, 7) is 0.251. The maximum Gasteiger partial charge on any atom is 0.278 e. The zero-order chi connectivity index (χ0) is 17.6. The van der Waals surface area contributed by atoms with Crippen molar-refractivity contribution in [2.45, 2.75) is 31.8 Å². The molecule has 1 aliphatic carbocycles. The first-order valence-corrected chi connectivity index (χ1v) is 8.59. The SMILES string of the molecule is COc1ccc2[nH]c3c(=O)n(CCC(=O)NC4CC4)c(=S)[nH]c3c2c1. The Morgan fingerprint density at radius 3 is 2.88 bits per heavy atom. The molecule has 3 N–H and O–H groups in total. The van der Waals surface area contributed by atoms with Gasteiger partial charge in [-0.3, -0.25) is 14.2 Å². The quantitative estimate of drug-likeness (QED) is 0.610. The highest BCUT2D eigenvalue weighted by Crippen LogP contribution is 2.25.